The Bertz CT molecular complexity index is 1100. The predicted octanol–water partition coefficient (Wildman–Crippen LogP) is 1.35. The molecule has 0 bridgehead atoms. The highest BCUT2D eigenvalue weighted by atomic mass is 19.1. The number of carbonyl (C=O) groups is 2. The normalized spacial score (nSPS) is 20.5. The molecule has 0 spiro atoms. The molecule has 0 aliphatic carbocycles. The molecule has 2 atom stereocenters. The van der Waals surface area contributed by atoms with Crippen LogP contribution in [0.15, 0.2) is 29.2 Å². The van der Waals surface area contributed by atoms with E-state index in [4.69, 9.17) is 4.74 Å². The largest absolute Gasteiger partial charge is 0.503 e. The molecule has 10 heteroatoms. The van der Waals surface area contributed by atoms with E-state index in [9.17, 15) is 28.3 Å². The Balaban J connectivity index is 1.64. The molecular formula is C20H19F2N3O5. The van der Waals surface area contributed by atoms with E-state index in [0.717, 1.165) is 18.2 Å². The Hall–Kier alpha value is -3.27. The molecule has 2 amide bonds. The van der Waals surface area contributed by atoms with E-state index in [1.807, 2.05) is 6.92 Å². The summed E-state index contributed by atoms with van der Waals surface area (Å²) in [4.78, 5) is 39.4. The van der Waals surface area contributed by atoms with Crippen LogP contribution in [0.2, 0.25) is 0 Å². The highest BCUT2D eigenvalue weighted by molar-refractivity contribution is 5.99. The van der Waals surface area contributed by atoms with E-state index in [0.29, 0.717) is 13.0 Å². The molecule has 1 saturated heterocycles. The summed E-state index contributed by atoms with van der Waals surface area (Å²) in [6.07, 6.45) is 1.23. The van der Waals surface area contributed by atoms with Crippen LogP contribution in [0.25, 0.3) is 0 Å². The van der Waals surface area contributed by atoms with Gasteiger partial charge in [-0.15, -0.1) is 0 Å². The van der Waals surface area contributed by atoms with Gasteiger partial charge in [-0.2, -0.15) is 0 Å². The number of rotatable bonds is 3. The van der Waals surface area contributed by atoms with Crippen LogP contribution in [0.3, 0.4) is 0 Å². The molecule has 1 aromatic carbocycles. The van der Waals surface area contributed by atoms with Crippen molar-refractivity contribution in [3.63, 3.8) is 0 Å². The molecular weight excluding hydrogens is 400 g/mol. The third kappa shape index (κ3) is 3.32. The number of nitrogens with one attached hydrogen (secondary N) is 1. The molecule has 30 heavy (non-hydrogen) atoms. The summed E-state index contributed by atoms with van der Waals surface area (Å²) in [7, 11) is 0. The first-order valence-corrected chi connectivity index (χ1v) is 9.40. The van der Waals surface area contributed by atoms with Gasteiger partial charge in [-0.3, -0.25) is 14.4 Å². The molecule has 4 rings (SSSR count). The van der Waals surface area contributed by atoms with Crippen LogP contribution in [-0.4, -0.2) is 45.3 Å². The van der Waals surface area contributed by atoms with E-state index in [1.54, 1.807) is 0 Å². The van der Waals surface area contributed by atoms with E-state index in [2.05, 4.69) is 5.32 Å². The van der Waals surface area contributed by atoms with Gasteiger partial charge in [-0.1, -0.05) is 0 Å². The first-order valence-electron chi connectivity index (χ1n) is 9.40. The summed E-state index contributed by atoms with van der Waals surface area (Å²) in [5.74, 6) is -3.65. The van der Waals surface area contributed by atoms with Crippen molar-refractivity contribution >= 4 is 11.8 Å². The van der Waals surface area contributed by atoms with Crippen molar-refractivity contribution in [2.24, 2.45) is 0 Å². The number of hydrogen-bond donors (Lipinski definition) is 2. The van der Waals surface area contributed by atoms with Crippen molar-refractivity contribution in [1.29, 1.82) is 0 Å². The van der Waals surface area contributed by atoms with E-state index < -0.39 is 46.4 Å². The molecule has 0 saturated carbocycles. The maximum absolute atomic E-state index is 13.7. The lowest BCUT2D eigenvalue weighted by Crippen LogP contribution is -2.57. The van der Waals surface area contributed by atoms with Crippen LogP contribution in [-0.2, 0) is 17.8 Å². The van der Waals surface area contributed by atoms with E-state index >= 15 is 0 Å². The van der Waals surface area contributed by atoms with Gasteiger partial charge in [0.2, 0.25) is 5.43 Å². The molecule has 0 unspecified atom stereocenters. The molecule has 3 heterocycles. The standard InChI is InChI=1S/C20H19F2N3O5/c1-10-4-5-30-15-9-24-8-13(17(26)18(27)16(24)20(29)25(10)15)19(28)23-7-11-6-12(21)2-3-14(11)22/h2-3,6,8,10,15,27H,4-5,7,9H2,1H3,(H,23,28)/t10-,15+/m1/s1. The summed E-state index contributed by atoms with van der Waals surface area (Å²) in [5.41, 5.74) is -1.74. The minimum Gasteiger partial charge on any atom is -0.503 e. The topological polar surface area (TPSA) is 101 Å². The fourth-order valence-electron chi connectivity index (χ4n) is 3.77. The minimum atomic E-state index is -1.02. The van der Waals surface area contributed by atoms with Crippen molar-refractivity contribution in [1.82, 2.24) is 14.8 Å². The van der Waals surface area contributed by atoms with Crippen LogP contribution in [0.1, 0.15) is 39.8 Å². The number of halogens is 2. The third-order valence-electron chi connectivity index (χ3n) is 5.37. The van der Waals surface area contributed by atoms with Gasteiger partial charge in [-0.05, 0) is 31.5 Å². The number of hydrogen-bond acceptors (Lipinski definition) is 5. The number of aromatic nitrogens is 1. The second kappa shape index (κ2) is 7.52. The second-order valence-corrected chi connectivity index (χ2v) is 7.32. The Morgan fingerprint density at radius 3 is 2.87 bits per heavy atom. The van der Waals surface area contributed by atoms with Gasteiger partial charge in [-0.25, -0.2) is 8.78 Å². The second-order valence-electron chi connectivity index (χ2n) is 7.32. The smallest absolute Gasteiger partial charge is 0.276 e. The molecule has 2 aliphatic rings. The van der Waals surface area contributed by atoms with Gasteiger partial charge in [0.15, 0.2) is 17.7 Å². The minimum absolute atomic E-state index is 0.0963. The summed E-state index contributed by atoms with van der Waals surface area (Å²) >= 11 is 0. The molecule has 2 aromatic rings. The molecule has 158 valence electrons. The monoisotopic (exact) mass is 419 g/mol. The molecule has 1 fully saturated rings. The lowest BCUT2D eigenvalue weighted by atomic mass is 10.1. The maximum atomic E-state index is 13.7. The number of pyridine rings is 1. The maximum Gasteiger partial charge on any atom is 0.276 e. The first-order chi connectivity index (χ1) is 14.3. The molecule has 1 aromatic heterocycles. The lowest BCUT2D eigenvalue weighted by molar-refractivity contribution is -0.112. The zero-order chi connectivity index (χ0) is 21.6. The summed E-state index contributed by atoms with van der Waals surface area (Å²) < 4.78 is 34.0. The van der Waals surface area contributed by atoms with Crippen LogP contribution in [0, 0.1) is 11.6 Å². The predicted molar refractivity (Wildman–Crippen MR) is 99.9 cm³/mol. The highest BCUT2D eigenvalue weighted by Crippen LogP contribution is 2.29. The van der Waals surface area contributed by atoms with Crippen LogP contribution < -0.4 is 10.7 Å². The number of carbonyl (C=O) groups excluding carboxylic acids is 2. The summed E-state index contributed by atoms with van der Waals surface area (Å²) in [5, 5.41) is 12.7. The van der Waals surface area contributed by atoms with E-state index in [-0.39, 0.29) is 30.4 Å². The van der Waals surface area contributed by atoms with Crippen molar-refractivity contribution in [3.8, 4) is 5.75 Å². The Morgan fingerprint density at radius 1 is 1.33 bits per heavy atom. The molecule has 2 aliphatic heterocycles. The first kappa shape index (κ1) is 20.0. The highest BCUT2D eigenvalue weighted by Gasteiger charge is 2.41. The van der Waals surface area contributed by atoms with Gasteiger partial charge < -0.3 is 24.6 Å². The zero-order valence-corrected chi connectivity index (χ0v) is 16.0. The Labute approximate surface area is 169 Å². The number of nitrogens with zero attached hydrogens (tertiary/aromatic N) is 2. The van der Waals surface area contributed by atoms with Gasteiger partial charge in [0.1, 0.15) is 17.2 Å². The van der Waals surface area contributed by atoms with Crippen LogP contribution >= 0.6 is 0 Å². The fourth-order valence-corrected chi connectivity index (χ4v) is 3.77. The van der Waals surface area contributed by atoms with Gasteiger partial charge in [0.25, 0.3) is 11.8 Å². The van der Waals surface area contributed by atoms with E-state index in [1.165, 1.54) is 15.7 Å². The number of ether oxygens (including phenoxy) is 1. The van der Waals surface area contributed by atoms with Gasteiger partial charge >= 0.3 is 0 Å². The number of fused-ring (bicyclic) bond motifs is 2. The van der Waals surface area contributed by atoms with Crippen molar-refractivity contribution < 1.29 is 28.2 Å². The number of benzene rings is 1. The lowest BCUT2D eigenvalue weighted by Gasteiger charge is -2.44. The molecule has 8 nitrogen and oxygen atoms in total. The zero-order valence-electron chi connectivity index (χ0n) is 16.0. The summed E-state index contributed by atoms with van der Waals surface area (Å²) in [6, 6.07) is 2.69. The van der Waals surface area contributed by atoms with Crippen LogP contribution in [0.4, 0.5) is 8.78 Å². The molecule has 0 radical (unpaired) electrons. The Kier molecular flexibility index (Phi) is 5.02. The number of amides is 2. The van der Waals surface area contributed by atoms with Gasteiger partial charge in [0.05, 0.1) is 13.2 Å². The van der Waals surface area contributed by atoms with Crippen molar-refractivity contribution in [3.05, 3.63) is 63.1 Å². The van der Waals surface area contributed by atoms with Crippen molar-refractivity contribution in [2.45, 2.75) is 38.7 Å². The Morgan fingerprint density at radius 2 is 2.10 bits per heavy atom. The average molecular weight is 419 g/mol. The number of aromatic hydroxyl groups is 1. The fraction of sp³-hybridized carbons (Fsp3) is 0.350. The molecule has 2 N–H and O–H groups in total. The van der Waals surface area contributed by atoms with Crippen molar-refractivity contribution in [2.75, 3.05) is 6.61 Å². The quantitative estimate of drug-likeness (QED) is 0.782. The third-order valence-corrected chi connectivity index (χ3v) is 5.37. The summed E-state index contributed by atoms with van der Waals surface area (Å²) in [6.45, 7) is 2.09. The average Bonchev–Trinajstić information content (AvgIpc) is 2.71. The SMILES string of the molecule is C[C@@H]1CCO[C@H]2Cn3cc(C(=O)NCc4cc(F)ccc4F)c(=O)c(O)c3C(=O)N12. The van der Waals surface area contributed by atoms with Gasteiger partial charge in [0, 0.05) is 24.3 Å². The van der Waals surface area contributed by atoms with Crippen LogP contribution in [0.5, 0.6) is 5.75 Å².